The van der Waals surface area contributed by atoms with Gasteiger partial charge in [-0.05, 0) is 35.7 Å². The van der Waals surface area contributed by atoms with E-state index in [0.29, 0.717) is 12.1 Å². The number of carbonyl (C=O) groups is 1. The summed E-state index contributed by atoms with van der Waals surface area (Å²) < 4.78 is 28.3. The van der Waals surface area contributed by atoms with Gasteiger partial charge in [-0.3, -0.25) is 4.79 Å². The predicted molar refractivity (Wildman–Crippen MR) is 85.9 cm³/mol. The molecule has 7 heteroatoms. The lowest BCUT2D eigenvalue weighted by molar-refractivity contribution is -0.0498. The fourth-order valence-corrected chi connectivity index (χ4v) is 3.39. The van der Waals surface area contributed by atoms with Crippen molar-refractivity contribution in [3.05, 3.63) is 52.2 Å². The topological polar surface area (TPSA) is 38.3 Å². The van der Waals surface area contributed by atoms with E-state index in [1.807, 2.05) is 11.4 Å². The highest BCUT2D eigenvalue weighted by atomic mass is 32.2. The van der Waals surface area contributed by atoms with Gasteiger partial charge in [0.25, 0.3) is 5.91 Å². The molecule has 0 saturated carbocycles. The van der Waals surface area contributed by atoms with Gasteiger partial charge in [0.2, 0.25) is 0 Å². The second kappa shape index (κ2) is 8.75. The number of carbonyl (C=O) groups excluding carboxylic acids is 1. The Morgan fingerprint density at radius 2 is 2.05 bits per heavy atom. The maximum atomic E-state index is 12.0. The van der Waals surface area contributed by atoms with Crippen molar-refractivity contribution >= 4 is 29.0 Å². The Bertz CT molecular complexity index is 574. The molecule has 0 aliphatic carbocycles. The highest BCUT2D eigenvalue weighted by molar-refractivity contribution is 7.98. The molecule has 0 aliphatic heterocycles. The van der Waals surface area contributed by atoms with Crippen LogP contribution in [0.2, 0.25) is 0 Å². The number of benzene rings is 1. The van der Waals surface area contributed by atoms with Gasteiger partial charge < -0.3 is 10.1 Å². The monoisotopic (exact) mass is 343 g/mol. The molecule has 1 N–H and O–H groups in total. The van der Waals surface area contributed by atoms with Crippen LogP contribution in [0.4, 0.5) is 8.78 Å². The van der Waals surface area contributed by atoms with Gasteiger partial charge in [0, 0.05) is 28.5 Å². The third kappa shape index (κ3) is 5.65. The second-order valence-corrected chi connectivity index (χ2v) is 6.43. The standard InChI is InChI=1S/C15H15F2NO2S2/c16-15(17)20-12-5-3-11(4-6-12)14(19)18-7-9-21-10-13-2-1-8-22-13/h1-6,8,15H,7,9-10H2,(H,18,19). The summed E-state index contributed by atoms with van der Waals surface area (Å²) in [4.78, 5) is 13.2. The van der Waals surface area contributed by atoms with Gasteiger partial charge >= 0.3 is 6.61 Å². The van der Waals surface area contributed by atoms with Gasteiger partial charge in [0.15, 0.2) is 0 Å². The molecule has 0 saturated heterocycles. The molecule has 1 aromatic carbocycles. The minimum atomic E-state index is -2.86. The van der Waals surface area contributed by atoms with Gasteiger partial charge in [-0.15, -0.1) is 11.3 Å². The fourth-order valence-electron chi connectivity index (χ4n) is 1.69. The van der Waals surface area contributed by atoms with E-state index >= 15 is 0 Å². The fraction of sp³-hybridized carbons (Fsp3) is 0.267. The van der Waals surface area contributed by atoms with Crippen LogP contribution in [0, 0.1) is 0 Å². The highest BCUT2D eigenvalue weighted by Gasteiger charge is 2.07. The first-order chi connectivity index (χ1) is 10.6. The lowest BCUT2D eigenvalue weighted by atomic mass is 10.2. The van der Waals surface area contributed by atoms with Crippen molar-refractivity contribution in [1.82, 2.24) is 5.32 Å². The zero-order chi connectivity index (χ0) is 15.8. The average molecular weight is 343 g/mol. The summed E-state index contributed by atoms with van der Waals surface area (Å²) in [5, 5.41) is 4.83. The van der Waals surface area contributed by atoms with Crippen LogP contribution in [0.15, 0.2) is 41.8 Å². The molecule has 1 heterocycles. The Morgan fingerprint density at radius 3 is 2.68 bits per heavy atom. The summed E-state index contributed by atoms with van der Waals surface area (Å²) in [6.45, 7) is -2.30. The Hall–Kier alpha value is -1.60. The van der Waals surface area contributed by atoms with Crippen LogP contribution in [0.25, 0.3) is 0 Å². The molecular weight excluding hydrogens is 328 g/mol. The largest absolute Gasteiger partial charge is 0.435 e. The van der Waals surface area contributed by atoms with Crippen molar-refractivity contribution in [3.8, 4) is 5.75 Å². The third-order valence-corrected chi connectivity index (χ3v) is 4.77. The van der Waals surface area contributed by atoms with Crippen LogP contribution in [0.3, 0.4) is 0 Å². The minimum Gasteiger partial charge on any atom is -0.435 e. The van der Waals surface area contributed by atoms with E-state index in [4.69, 9.17) is 0 Å². The summed E-state index contributed by atoms with van der Waals surface area (Å²) in [5.41, 5.74) is 0.421. The van der Waals surface area contributed by atoms with Gasteiger partial charge in [0.05, 0.1) is 0 Å². The number of nitrogens with one attached hydrogen (secondary N) is 1. The molecule has 0 atom stereocenters. The number of hydrogen-bond donors (Lipinski definition) is 1. The molecule has 0 spiro atoms. The van der Waals surface area contributed by atoms with Gasteiger partial charge in [-0.2, -0.15) is 20.5 Å². The molecule has 0 bridgehead atoms. The lowest BCUT2D eigenvalue weighted by Gasteiger charge is -2.07. The average Bonchev–Trinajstić information content (AvgIpc) is 3.00. The Kier molecular flexibility index (Phi) is 6.67. The minimum absolute atomic E-state index is 0.0399. The zero-order valence-corrected chi connectivity index (χ0v) is 13.3. The summed E-state index contributed by atoms with van der Waals surface area (Å²) in [7, 11) is 0. The SMILES string of the molecule is O=C(NCCSCc1cccs1)c1ccc(OC(F)F)cc1. The van der Waals surface area contributed by atoms with E-state index in [9.17, 15) is 13.6 Å². The molecule has 0 fully saturated rings. The summed E-state index contributed by atoms with van der Waals surface area (Å²) in [5.74, 6) is 1.57. The van der Waals surface area contributed by atoms with Crippen molar-refractivity contribution in [3.63, 3.8) is 0 Å². The Labute approximate surface area is 135 Å². The van der Waals surface area contributed by atoms with E-state index in [2.05, 4.69) is 16.1 Å². The molecule has 22 heavy (non-hydrogen) atoms. The number of hydrogen-bond acceptors (Lipinski definition) is 4. The van der Waals surface area contributed by atoms with Crippen molar-refractivity contribution in [2.45, 2.75) is 12.4 Å². The Balaban J connectivity index is 1.68. The quantitative estimate of drug-likeness (QED) is 0.736. The lowest BCUT2D eigenvalue weighted by Crippen LogP contribution is -2.25. The molecule has 3 nitrogen and oxygen atoms in total. The van der Waals surface area contributed by atoms with Crippen LogP contribution >= 0.6 is 23.1 Å². The van der Waals surface area contributed by atoms with E-state index in [1.54, 1.807) is 23.1 Å². The summed E-state index contributed by atoms with van der Waals surface area (Å²) >= 11 is 3.47. The van der Waals surface area contributed by atoms with Gasteiger partial charge in [0.1, 0.15) is 5.75 Å². The van der Waals surface area contributed by atoms with Crippen LogP contribution in [0.5, 0.6) is 5.75 Å². The van der Waals surface area contributed by atoms with E-state index in [0.717, 1.165) is 11.5 Å². The van der Waals surface area contributed by atoms with Crippen molar-refractivity contribution in [2.24, 2.45) is 0 Å². The summed E-state index contributed by atoms with van der Waals surface area (Å²) in [6, 6.07) is 9.74. The maximum Gasteiger partial charge on any atom is 0.387 e. The highest BCUT2D eigenvalue weighted by Crippen LogP contribution is 2.17. The first kappa shape index (κ1) is 16.8. The number of thioether (sulfide) groups is 1. The van der Waals surface area contributed by atoms with Crippen LogP contribution in [0.1, 0.15) is 15.2 Å². The van der Waals surface area contributed by atoms with Gasteiger partial charge in [-0.25, -0.2) is 0 Å². The van der Waals surface area contributed by atoms with Crippen LogP contribution < -0.4 is 10.1 Å². The first-order valence-corrected chi connectivity index (χ1v) is 8.62. The van der Waals surface area contributed by atoms with Gasteiger partial charge in [-0.1, -0.05) is 6.07 Å². The normalized spacial score (nSPS) is 10.7. The first-order valence-electron chi connectivity index (χ1n) is 6.58. The number of amides is 1. The maximum absolute atomic E-state index is 12.0. The van der Waals surface area contributed by atoms with E-state index in [-0.39, 0.29) is 11.7 Å². The Morgan fingerprint density at radius 1 is 1.27 bits per heavy atom. The smallest absolute Gasteiger partial charge is 0.387 e. The van der Waals surface area contributed by atoms with Crippen LogP contribution in [-0.4, -0.2) is 24.8 Å². The van der Waals surface area contributed by atoms with E-state index in [1.165, 1.54) is 29.1 Å². The number of ether oxygens (including phenoxy) is 1. The van der Waals surface area contributed by atoms with Crippen molar-refractivity contribution < 1.29 is 18.3 Å². The zero-order valence-electron chi connectivity index (χ0n) is 11.6. The van der Waals surface area contributed by atoms with E-state index < -0.39 is 6.61 Å². The van der Waals surface area contributed by atoms with Crippen molar-refractivity contribution in [2.75, 3.05) is 12.3 Å². The molecule has 1 aromatic heterocycles. The van der Waals surface area contributed by atoms with Crippen molar-refractivity contribution in [1.29, 1.82) is 0 Å². The molecule has 1 amide bonds. The second-order valence-electron chi connectivity index (χ2n) is 4.29. The number of thiophene rings is 1. The number of halogens is 2. The van der Waals surface area contributed by atoms with Crippen LogP contribution in [-0.2, 0) is 5.75 Å². The number of rotatable bonds is 8. The number of alkyl halides is 2. The summed E-state index contributed by atoms with van der Waals surface area (Å²) in [6.07, 6.45) is 0. The predicted octanol–water partition coefficient (Wildman–Crippen LogP) is 4.01. The molecule has 0 aliphatic rings. The molecule has 118 valence electrons. The molecule has 2 aromatic rings. The molecule has 2 rings (SSSR count). The molecule has 0 radical (unpaired) electrons. The molecule has 0 unspecified atom stereocenters. The molecular formula is C15H15F2NO2S2. The third-order valence-electron chi connectivity index (χ3n) is 2.70.